The number of aryl methyl sites for hydroxylation is 1. The van der Waals surface area contributed by atoms with Gasteiger partial charge in [-0.3, -0.25) is 14.4 Å². The zero-order chi connectivity index (χ0) is 18.2. The Bertz CT molecular complexity index is 742. The zero-order valence-electron chi connectivity index (χ0n) is 14.1. The molecule has 1 atom stereocenters. The monoisotopic (exact) mass is 340 g/mol. The van der Waals surface area contributed by atoms with Crippen LogP contribution in [0, 0.1) is 6.92 Å². The Kier molecular flexibility index (Phi) is 6.28. The third-order valence-corrected chi connectivity index (χ3v) is 3.43. The van der Waals surface area contributed by atoms with Crippen LogP contribution in [0.1, 0.15) is 22.8 Å². The summed E-state index contributed by atoms with van der Waals surface area (Å²) >= 11 is 0. The van der Waals surface area contributed by atoms with Gasteiger partial charge in [0.15, 0.2) is 6.10 Å². The van der Waals surface area contributed by atoms with Crippen molar-refractivity contribution in [2.75, 3.05) is 11.9 Å². The molecule has 0 spiro atoms. The lowest BCUT2D eigenvalue weighted by Gasteiger charge is -2.14. The van der Waals surface area contributed by atoms with Gasteiger partial charge in [0, 0.05) is 11.3 Å². The minimum absolute atomic E-state index is 0.310. The maximum Gasteiger partial charge on any atom is 0.326 e. The third kappa shape index (κ3) is 5.76. The maximum absolute atomic E-state index is 12.0. The van der Waals surface area contributed by atoms with Crippen molar-refractivity contribution in [1.29, 1.82) is 0 Å². The van der Waals surface area contributed by atoms with Crippen molar-refractivity contribution in [3.63, 3.8) is 0 Å². The van der Waals surface area contributed by atoms with Crippen LogP contribution < -0.4 is 10.6 Å². The van der Waals surface area contributed by atoms with Crippen molar-refractivity contribution < 1.29 is 19.1 Å². The number of rotatable bonds is 6. The first-order chi connectivity index (χ1) is 12.0. The number of ether oxygens (including phenoxy) is 1. The summed E-state index contributed by atoms with van der Waals surface area (Å²) in [5.41, 5.74) is 2.14. The Balaban J connectivity index is 1.78. The molecule has 0 unspecified atom stereocenters. The fourth-order valence-corrected chi connectivity index (χ4v) is 2.02. The van der Waals surface area contributed by atoms with Crippen molar-refractivity contribution in [1.82, 2.24) is 5.32 Å². The molecule has 0 aliphatic rings. The summed E-state index contributed by atoms with van der Waals surface area (Å²) in [6, 6.07) is 15.8. The molecule has 2 aromatic carbocycles. The third-order valence-electron chi connectivity index (χ3n) is 3.43. The number of esters is 1. The first kappa shape index (κ1) is 18.2. The number of nitrogens with one attached hydrogen (secondary N) is 2. The zero-order valence-corrected chi connectivity index (χ0v) is 14.1. The molecule has 25 heavy (non-hydrogen) atoms. The van der Waals surface area contributed by atoms with Gasteiger partial charge in [-0.05, 0) is 38.1 Å². The van der Waals surface area contributed by atoms with Crippen molar-refractivity contribution in [2.45, 2.75) is 20.0 Å². The predicted molar refractivity (Wildman–Crippen MR) is 94.1 cm³/mol. The molecule has 6 heteroatoms. The number of carbonyl (C=O) groups is 3. The highest BCUT2D eigenvalue weighted by molar-refractivity contribution is 5.97. The molecular weight excluding hydrogens is 320 g/mol. The predicted octanol–water partition coefficient (Wildman–Crippen LogP) is 2.30. The topological polar surface area (TPSA) is 84.5 Å². The number of benzene rings is 2. The molecule has 2 amide bonds. The molecule has 0 aliphatic carbocycles. The van der Waals surface area contributed by atoms with Crippen LogP contribution in [0.2, 0.25) is 0 Å². The summed E-state index contributed by atoms with van der Waals surface area (Å²) in [4.78, 5) is 35.6. The average Bonchev–Trinajstić information content (AvgIpc) is 2.62. The lowest BCUT2D eigenvalue weighted by molar-refractivity contribution is -0.152. The fraction of sp³-hybridized carbons (Fsp3) is 0.211. The Hall–Kier alpha value is -3.15. The molecule has 0 aromatic heterocycles. The van der Waals surface area contributed by atoms with Gasteiger partial charge >= 0.3 is 5.97 Å². The Labute approximate surface area is 146 Å². The van der Waals surface area contributed by atoms with Crippen LogP contribution in [-0.2, 0) is 14.3 Å². The van der Waals surface area contributed by atoms with Gasteiger partial charge in [-0.15, -0.1) is 0 Å². The number of hydrogen-bond acceptors (Lipinski definition) is 4. The van der Waals surface area contributed by atoms with Gasteiger partial charge in [-0.2, -0.15) is 0 Å². The van der Waals surface area contributed by atoms with E-state index < -0.39 is 18.0 Å². The van der Waals surface area contributed by atoms with Crippen LogP contribution in [0.3, 0.4) is 0 Å². The number of anilines is 1. The van der Waals surface area contributed by atoms with Crippen LogP contribution in [0.4, 0.5) is 5.69 Å². The van der Waals surface area contributed by atoms with Gasteiger partial charge in [0.05, 0.1) is 0 Å². The van der Waals surface area contributed by atoms with E-state index in [2.05, 4.69) is 10.6 Å². The highest BCUT2D eigenvalue weighted by atomic mass is 16.5. The molecule has 0 bridgehead atoms. The number of carbonyl (C=O) groups excluding carboxylic acids is 3. The highest BCUT2D eigenvalue weighted by Crippen LogP contribution is 2.09. The summed E-state index contributed by atoms with van der Waals surface area (Å²) in [7, 11) is 0. The molecule has 130 valence electrons. The van der Waals surface area contributed by atoms with Crippen LogP contribution in [0.25, 0.3) is 0 Å². The summed E-state index contributed by atoms with van der Waals surface area (Å²) in [5, 5.41) is 5.12. The molecule has 6 nitrogen and oxygen atoms in total. The largest absolute Gasteiger partial charge is 0.451 e. The van der Waals surface area contributed by atoms with Gasteiger partial charge in [0.2, 0.25) is 0 Å². The van der Waals surface area contributed by atoms with E-state index in [0.717, 1.165) is 5.56 Å². The number of hydrogen-bond donors (Lipinski definition) is 2. The standard InChI is InChI=1S/C19H20N2O4/c1-13-8-10-16(11-9-13)21-18(23)14(2)25-17(22)12-20-19(24)15-6-4-3-5-7-15/h3-11,14H,12H2,1-2H3,(H,20,24)(H,21,23)/t14-/m0/s1. The van der Waals surface area contributed by atoms with Gasteiger partial charge in [0.1, 0.15) is 6.54 Å². The van der Waals surface area contributed by atoms with E-state index in [1.165, 1.54) is 6.92 Å². The molecular formula is C19H20N2O4. The molecule has 0 saturated carbocycles. The van der Waals surface area contributed by atoms with Crippen LogP contribution in [0.15, 0.2) is 54.6 Å². The molecule has 0 fully saturated rings. The normalized spacial score (nSPS) is 11.3. The van der Waals surface area contributed by atoms with E-state index in [-0.39, 0.29) is 12.5 Å². The second kappa shape index (κ2) is 8.63. The van der Waals surface area contributed by atoms with Gasteiger partial charge in [-0.1, -0.05) is 35.9 Å². The van der Waals surface area contributed by atoms with Crippen molar-refractivity contribution in [3.8, 4) is 0 Å². The minimum atomic E-state index is -0.970. The molecule has 2 aromatic rings. The van der Waals surface area contributed by atoms with E-state index in [1.54, 1.807) is 42.5 Å². The smallest absolute Gasteiger partial charge is 0.326 e. The van der Waals surface area contributed by atoms with Crippen molar-refractivity contribution in [3.05, 3.63) is 65.7 Å². The summed E-state index contributed by atoms with van der Waals surface area (Å²) < 4.78 is 5.03. The quantitative estimate of drug-likeness (QED) is 0.790. The molecule has 0 heterocycles. The number of amides is 2. The fourth-order valence-electron chi connectivity index (χ4n) is 2.02. The average molecular weight is 340 g/mol. The van der Waals surface area contributed by atoms with E-state index in [0.29, 0.717) is 11.3 Å². The first-order valence-electron chi connectivity index (χ1n) is 7.86. The van der Waals surface area contributed by atoms with Gasteiger partial charge in [0.25, 0.3) is 11.8 Å². The summed E-state index contributed by atoms with van der Waals surface area (Å²) in [5.74, 6) is -1.50. The molecule has 0 saturated heterocycles. The minimum Gasteiger partial charge on any atom is -0.451 e. The molecule has 0 aliphatic heterocycles. The van der Waals surface area contributed by atoms with E-state index >= 15 is 0 Å². The van der Waals surface area contributed by atoms with Crippen LogP contribution >= 0.6 is 0 Å². The van der Waals surface area contributed by atoms with E-state index in [1.807, 2.05) is 19.1 Å². The first-order valence-corrected chi connectivity index (χ1v) is 7.86. The summed E-state index contributed by atoms with van der Waals surface area (Å²) in [6.45, 7) is 3.11. The second-order valence-electron chi connectivity index (χ2n) is 5.54. The lowest BCUT2D eigenvalue weighted by Crippen LogP contribution is -2.35. The van der Waals surface area contributed by atoms with Crippen LogP contribution in [0.5, 0.6) is 0 Å². The second-order valence-corrected chi connectivity index (χ2v) is 5.54. The molecule has 2 N–H and O–H groups in total. The maximum atomic E-state index is 12.0. The Morgan fingerprint density at radius 1 is 1.00 bits per heavy atom. The molecule has 2 rings (SSSR count). The van der Waals surface area contributed by atoms with Crippen molar-refractivity contribution in [2.24, 2.45) is 0 Å². The van der Waals surface area contributed by atoms with E-state index in [9.17, 15) is 14.4 Å². The molecule has 0 radical (unpaired) electrons. The summed E-state index contributed by atoms with van der Waals surface area (Å²) in [6.07, 6.45) is -0.970. The Morgan fingerprint density at radius 2 is 1.64 bits per heavy atom. The SMILES string of the molecule is Cc1ccc(NC(=O)[C@H](C)OC(=O)CNC(=O)c2ccccc2)cc1. The van der Waals surface area contributed by atoms with Crippen LogP contribution in [-0.4, -0.2) is 30.4 Å². The lowest BCUT2D eigenvalue weighted by atomic mass is 10.2. The Morgan fingerprint density at radius 3 is 2.28 bits per heavy atom. The highest BCUT2D eigenvalue weighted by Gasteiger charge is 2.18. The van der Waals surface area contributed by atoms with Crippen molar-refractivity contribution >= 4 is 23.5 Å². The van der Waals surface area contributed by atoms with Gasteiger partial charge < -0.3 is 15.4 Å². The van der Waals surface area contributed by atoms with E-state index in [4.69, 9.17) is 4.74 Å². The van der Waals surface area contributed by atoms with Gasteiger partial charge in [-0.25, -0.2) is 0 Å².